The van der Waals surface area contributed by atoms with Crippen LogP contribution < -0.4 is 0 Å². The molecule has 0 unspecified atom stereocenters. The number of hydrogen-bond acceptors (Lipinski definition) is 1. The minimum atomic E-state index is 0. The van der Waals surface area contributed by atoms with Gasteiger partial charge in [-0.05, 0) is 13.8 Å². The zero-order valence-electron chi connectivity index (χ0n) is 6.14. The SMILES string of the molecule is CCOCC.[Co].[Fe].[Ni].[Pd].[Pt].[Rh].[Ru]. The zero-order chi connectivity index (χ0) is 4.12. The third-order valence-electron chi connectivity index (χ3n) is 0.408. The van der Waals surface area contributed by atoms with Gasteiger partial charge < -0.3 is 4.74 Å². The summed E-state index contributed by atoms with van der Waals surface area (Å²) in [6.45, 7) is 5.67. The topological polar surface area (TPSA) is 9.23 Å². The van der Waals surface area contributed by atoms with E-state index in [0.717, 1.165) is 13.2 Å². The van der Waals surface area contributed by atoms with Crippen LogP contribution in [0.25, 0.3) is 0 Å². The van der Waals surface area contributed by atoms with Gasteiger partial charge in [0.05, 0.1) is 0 Å². The van der Waals surface area contributed by atoms with Crippen molar-refractivity contribution < 1.29 is 136 Å². The third kappa shape index (κ3) is 65.2. The van der Waals surface area contributed by atoms with Crippen molar-refractivity contribution in [3.63, 3.8) is 0 Å². The molecular weight excluding hydrogens is 743 g/mol. The van der Waals surface area contributed by atoms with Gasteiger partial charge in [-0.1, -0.05) is 0 Å². The van der Waals surface area contributed by atoms with E-state index in [4.69, 9.17) is 4.74 Å². The Morgan fingerprint density at radius 1 is 1.08 bits per heavy atom. The summed E-state index contributed by atoms with van der Waals surface area (Å²) in [5.74, 6) is 0. The molecule has 0 aliphatic heterocycles. The summed E-state index contributed by atoms with van der Waals surface area (Å²) in [6, 6.07) is 0. The van der Waals surface area contributed by atoms with Crippen LogP contribution in [0.1, 0.15) is 13.8 Å². The molecule has 0 aromatic carbocycles. The molecule has 0 aliphatic rings. The summed E-state index contributed by atoms with van der Waals surface area (Å²) in [5, 5.41) is 0. The summed E-state index contributed by atoms with van der Waals surface area (Å²) >= 11 is 0. The van der Waals surface area contributed by atoms with E-state index in [1.54, 1.807) is 0 Å². The van der Waals surface area contributed by atoms with Crippen LogP contribution in [0, 0.1) is 0 Å². The maximum atomic E-state index is 4.83. The molecule has 0 atom stereocenters. The normalized spacial score (nSPS) is 3.50. The van der Waals surface area contributed by atoms with Crippen molar-refractivity contribution in [1.82, 2.24) is 0 Å². The van der Waals surface area contributed by atoms with E-state index in [-0.39, 0.29) is 131 Å². The van der Waals surface area contributed by atoms with Gasteiger partial charge in [-0.25, -0.2) is 0 Å². The average molecular weight is 753 g/mol. The molecule has 1 nitrogen and oxygen atoms in total. The Hall–Kier alpha value is 4.08. The Balaban J connectivity index is -0.00000000381. The molecule has 0 heterocycles. The first-order chi connectivity index (χ1) is 2.41. The number of rotatable bonds is 2. The van der Waals surface area contributed by atoms with Crippen LogP contribution in [0.5, 0.6) is 0 Å². The number of ether oxygens (including phenoxy) is 1. The molecule has 0 fully saturated rings. The minimum Gasteiger partial charge on any atom is -0.382 e. The summed E-state index contributed by atoms with van der Waals surface area (Å²) < 4.78 is 4.83. The van der Waals surface area contributed by atoms with Gasteiger partial charge >= 0.3 is 0 Å². The molecule has 0 saturated carbocycles. The van der Waals surface area contributed by atoms with Crippen molar-refractivity contribution in [2.45, 2.75) is 13.8 Å². The van der Waals surface area contributed by atoms with Gasteiger partial charge in [-0.15, -0.1) is 0 Å². The second-order valence-electron chi connectivity index (χ2n) is 0.781. The Morgan fingerprint density at radius 3 is 1.25 bits per heavy atom. The van der Waals surface area contributed by atoms with Crippen molar-refractivity contribution in [3.8, 4) is 0 Å². The van der Waals surface area contributed by atoms with Gasteiger partial charge in [-0.2, -0.15) is 0 Å². The molecule has 0 saturated heterocycles. The van der Waals surface area contributed by atoms with Gasteiger partial charge in [0.25, 0.3) is 0 Å². The van der Waals surface area contributed by atoms with Gasteiger partial charge in [0.15, 0.2) is 0 Å². The molecular formula is C4H10CoFeNiOPdPtRhRu. The van der Waals surface area contributed by atoms with Crippen LogP contribution >= 0.6 is 0 Å². The van der Waals surface area contributed by atoms with Crippen LogP contribution in [0.4, 0.5) is 0 Å². The Labute approximate surface area is 160 Å². The fourth-order valence-electron chi connectivity index (χ4n) is 0.204. The van der Waals surface area contributed by atoms with Crippen LogP contribution in [0.2, 0.25) is 0 Å². The van der Waals surface area contributed by atoms with Gasteiger partial charge in [-0.3, -0.25) is 0 Å². The molecule has 0 N–H and O–H groups in total. The second kappa shape index (κ2) is 59.7. The monoisotopic (exact) mass is 753 g/mol. The van der Waals surface area contributed by atoms with Crippen LogP contribution in [0.15, 0.2) is 0 Å². The zero-order valence-corrected chi connectivity index (χ0v) is 16.5. The van der Waals surface area contributed by atoms with E-state index >= 15 is 0 Å². The smallest absolute Gasteiger partial charge is 0.0437 e. The van der Waals surface area contributed by atoms with E-state index < -0.39 is 0 Å². The van der Waals surface area contributed by atoms with Crippen molar-refractivity contribution >= 4 is 0 Å². The summed E-state index contributed by atoms with van der Waals surface area (Å²) in [4.78, 5) is 0. The van der Waals surface area contributed by atoms with E-state index in [2.05, 4.69) is 0 Å². The predicted molar refractivity (Wildman–Crippen MR) is 22.2 cm³/mol. The Kier molecular flexibility index (Phi) is 278. The van der Waals surface area contributed by atoms with E-state index in [1.807, 2.05) is 13.8 Å². The van der Waals surface area contributed by atoms with Crippen LogP contribution in [0.3, 0.4) is 0 Å². The Morgan fingerprint density at radius 2 is 1.25 bits per heavy atom. The number of hydrogen-bond donors (Lipinski definition) is 0. The first kappa shape index (κ1) is 56.0. The fraction of sp³-hybridized carbons (Fsp3) is 1.00. The molecule has 0 spiro atoms. The molecule has 0 aromatic heterocycles. The maximum absolute atomic E-state index is 4.83. The standard InChI is InChI=1S/C4H10O.Co.Fe.Ni.Pd.Pt.Rh.Ru/c1-3-5-4-2;;;;;;;/h3-4H2,1-2H3;;;;;;;. The first-order valence-electron chi connectivity index (χ1n) is 1.99. The molecule has 2 radical (unpaired) electrons. The van der Waals surface area contributed by atoms with E-state index in [9.17, 15) is 0 Å². The maximum Gasteiger partial charge on any atom is 0.0437 e. The molecule has 8 heteroatoms. The summed E-state index contributed by atoms with van der Waals surface area (Å²) in [5.41, 5.74) is 0. The summed E-state index contributed by atoms with van der Waals surface area (Å²) in [7, 11) is 0. The van der Waals surface area contributed by atoms with Crippen molar-refractivity contribution in [2.75, 3.05) is 13.2 Å². The molecule has 0 bridgehead atoms. The molecule has 0 amide bonds. The molecule has 96 valence electrons. The second-order valence-corrected chi connectivity index (χ2v) is 0.781. The van der Waals surface area contributed by atoms with Crippen LogP contribution in [-0.2, 0) is 136 Å². The fourth-order valence-corrected chi connectivity index (χ4v) is 0.204. The largest absolute Gasteiger partial charge is 0.382 e. The predicted octanol–water partition coefficient (Wildman–Crippen LogP) is 1.03. The van der Waals surface area contributed by atoms with Crippen molar-refractivity contribution in [1.29, 1.82) is 0 Å². The molecule has 0 aromatic rings. The molecule has 0 rings (SSSR count). The van der Waals surface area contributed by atoms with Crippen molar-refractivity contribution in [2.24, 2.45) is 0 Å². The first-order valence-corrected chi connectivity index (χ1v) is 1.99. The van der Waals surface area contributed by atoms with E-state index in [0.29, 0.717) is 0 Å². The third-order valence-corrected chi connectivity index (χ3v) is 0.408. The quantitative estimate of drug-likeness (QED) is 0.384. The van der Waals surface area contributed by atoms with Gasteiger partial charge in [0, 0.05) is 144 Å². The molecule has 0 aliphatic carbocycles. The van der Waals surface area contributed by atoms with Gasteiger partial charge in [0.2, 0.25) is 0 Å². The minimum absolute atomic E-state index is 0. The molecule has 12 heavy (non-hydrogen) atoms. The average Bonchev–Trinajstić information content (AvgIpc) is 1.41. The summed E-state index contributed by atoms with van der Waals surface area (Å²) in [6.07, 6.45) is 0. The van der Waals surface area contributed by atoms with Crippen LogP contribution in [-0.4, -0.2) is 13.2 Å². The van der Waals surface area contributed by atoms with Gasteiger partial charge in [0.1, 0.15) is 0 Å². The van der Waals surface area contributed by atoms with E-state index in [1.165, 1.54) is 0 Å². The van der Waals surface area contributed by atoms with Crippen molar-refractivity contribution in [3.05, 3.63) is 0 Å². The Bertz CT molecular complexity index is 42.5.